The second-order valence-electron chi connectivity index (χ2n) is 7.14. The summed E-state index contributed by atoms with van der Waals surface area (Å²) in [5.41, 5.74) is 0.365. The van der Waals surface area contributed by atoms with E-state index in [2.05, 4.69) is 5.32 Å². The number of morpholine rings is 1. The largest absolute Gasteiger partial charge is 0.444 e. The Morgan fingerprint density at radius 3 is 2.46 bits per heavy atom. The highest BCUT2D eigenvalue weighted by atomic mass is 16.6. The van der Waals surface area contributed by atoms with Crippen molar-refractivity contribution in [3.8, 4) is 0 Å². The van der Waals surface area contributed by atoms with Crippen molar-refractivity contribution in [3.63, 3.8) is 0 Å². The maximum atomic E-state index is 12.8. The summed E-state index contributed by atoms with van der Waals surface area (Å²) in [7, 11) is 0. The van der Waals surface area contributed by atoms with Gasteiger partial charge in [-0.05, 0) is 26.3 Å². The molecule has 7 nitrogen and oxygen atoms in total. The first-order valence-electron chi connectivity index (χ1n) is 8.83. The van der Waals surface area contributed by atoms with E-state index in [9.17, 15) is 9.59 Å². The number of carbonyl (C=O) groups excluding carboxylic acids is 2. The minimum absolute atomic E-state index is 0.0737. The lowest BCUT2D eigenvalue weighted by atomic mass is 10.2. The third kappa shape index (κ3) is 7.01. The number of hydrogen-bond acceptors (Lipinski definition) is 5. The van der Waals surface area contributed by atoms with Gasteiger partial charge in [0, 0.05) is 13.1 Å². The van der Waals surface area contributed by atoms with Crippen LogP contribution in [0.15, 0.2) is 30.3 Å². The number of amides is 2. The summed E-state index contributed by atoms with van der Waals surface area (Å²) >= 11 is 0. The van der Waals surface area contributed by atoms with Crippen LogP contribution in [0.1, 0.15) is 26.3 Å². The van der Waals surface area contributed by atoms with E-state index in [4.69, 9.17) is 14.2 Å². The maximum Gasteiger partial charge on any atom is 0.408 e. The summed E-state index contributed by atoms with van der Waals surface area (Å²) in [6.07, 6.45) is -0.632. The summed E-state index contributed by atoms with van der Waals surface area (Å²) < 4.78 is 16.2. The normalized spacial score (nSPS) is 16.0. The van der Waals surface area contributed by atoms with Gasteiger partial charge in [-0.3, -0.25) is 4.79 Å². The average Bonchev–Trinajstić information content (AvgIpc) is 2.60. The SMILES string of the molecule is CC(C)(C)OC(=O)N[C@@H](COCc1ccccc1)C(=O)N1CCOCC1. The third-order valence-electron chi connectivity index (χ3n) is 3.71. The predicted octanol–water partition coefficient (Wildman–Crippen LogP) is 1.96. The lowest BCUT2D eigenvalue weighted by Gasteiger charge is -2.31. The van der Waals surface area contributed by atoms with Gasteiger partial charge in [-0.15, -0.1) is 0 Å². The van der Waals surface area contributed by atoms with E-state index in [0.717, 1.165) is 5.56 Å². The highest BCUT2D eigenvalue weighted by Crippen LogP contribution is 2.09. The first-order chi connectivity index (χ1) is 12.3. The van der Waals surface area contributed by atoms with E-state index in [1.165, 1.54) is 0 Å². The van der Waals surface area contributed by atoms with Crippen LogP contribution in [0.4, 0.5) is 4.79 Å². The molecule has 0 aromatic heterocycles. The Bertz CT molecular complexity index is 579. The van der Waals surface area contributed by atoms with E-state index in [-0.39, 0.29) is 12.5 Å². The van der Waals surface area contributed by atoms with Gasteiger partial charge in [0.15, 0.2) is 0 Å². The molecule has 2 rings (SSSR count). The van der Waals surface area contributed by atoms with Crippen LogP contribution in [0, 0.1) is 0 Å². The summed E-state index contributed by atoms with van der Waals surface area (Å²) in [4.78, 5) is 26.5. The van der Waals surface area contributed by atoms with Gasteiger partial charge in [0.2, 0.25) is 5.91 Å². The van der Waals surface area contributed by atoms with Gasteiger partial charge in [0.1, 0.15) is 11.6 Å². The van der Waals surface area contributed by atoms with E-state index >= 15 is 0 Å². The molecule has 0 bridgehead atoms. The molecular formula is C19H28N2O5. The Balaban J connectivity index is 1.95. The van der Waals surface area contributed by atoms with E-state index in [1.54, 1.807) is 25.7 Å². The van der Waals surface area contributed by atoms with Crippen LogP contribution >= 0.6 is 0 Å². The summed E-state index contributed by atoms with van der Waals surface area (Å²) in [6.45, 7) is 7.76. The van der Waals surface area contributed by atoms with Crippen molar-refractivity contribution in [2.45, 2.75) is 39.0 Å². The summed E-state index contributed by atoms with van der Waals surface area (Å²) in [5, 5.41) is 2.64. The zero-order valence-corrected chi connectivity index (χ0v) is 15.7. The van der Waals surface area contributed by atoms with Gasteiger partial charge in [0.25, 0.3) is 0 Å². The van der Waals surface area contributed by atoms with Crippen LogP contribution in [0.3, 0.4) is 0 Å². The Hall–Kier alpha value is -2.12. The van der Waals surface area contributed by atoms with Gasteiger partial charge in [-0.1, -0.05) is 30.3 Å². The van der Waals surface area contributed by atoms with Crippen molar-refractivity contribution in [3.05, 3.63) is 35.9 Å². The lowest BCUT2D eigenvalue weighted by molar-refractivity contribution is -0.139. The molecule has 7 heteroatoms. The zero-order valence-electron chi connectivity index (χ0n) is 15.7. The minimum Gasteiger partial charge on any atom is -0.444 e. The Kier molecular flexibility index (Phi) is 7.41. The Morgan fingerprint density at radius 1 is 1.19 bits per heavy atom. The fourth-order valence-electron chi connectivity index (χ4n) is 2.50. The predicted molar refractivity (Wildman–Crippen MR) is 96.7 cm³/mol. The molecule has 1 saturated heterocycles. The molecule has 0 saturated carbocycles. The zero-order chi connectivity index (χ0) is 19.0. The number of nitrogens with one attached hydrogen (secondary N) is 1. The van der Waals surface area contributed by atoms with E-state index < -0.39 is 17.7 Å². The number of carbonyl (C=O) groups is 2. The fraction of sp³-hybridized carbons (Fsp3) is 0.579. The molecule has 0 radical (unpaired) electrons. The maximum absolute atomic E-state index is 12.8. The number of benzene rings is 1. The van der Waals surface area contributed by atoms with E-state index in [0.29, 0.717) is 32.9 Å². The molecule has 1 N–H and O–H groups in total. The highest BCUT2D eigenvalue weighted by Gasteiger charge is 2.29. The van der Waals surface area contributed by atoms with Crippen molar-refractivity contribution >= 4 is 12.0 Å². The monoisotopic (exact) mass is 364 g/mol. The molecule has 1 aliphatic heterocycles. The van der Waals surface area contributed by atoms with Gasteiger partial charge in [-0.25, -0.2) is 4.79 Å². The van der Waals surface area contributed by atoms with Crippen LogP contribution in [-0.4, -0.2) is 61.5 Å². The topological polar surface area (TPSA) is 77.1 Å². The molecule has 1 fully saturated rings. The van der Waals surface area contributed by atoms with Gasteiger partial charge in [-0.2, -0.15) is 0 Å². The number of ether oxygens (including phenoxy) is 3. The van der Waals surface area contributed by atoms with Crippen molar-refractivity contribution < 1.29 is 23.8 Å². The molecule has 1 atom stereocenters. The number of alkyl carbamates (subject to hydrolysis) is 1. The highest BCUT2D eigenvalue weighted by molar-refractivity contribution is 5.86. The smallest absolute Gasteiger partial charge is 0.408 e. The third-order valence-corrected chi connectivity index (χ3v) is 3.71. The molecule has 26 heavy (non-hydrogen) atoms. The molecule has 2 amide bonds. The van der Waals surface area contributed by atoms with Gasteiger partial charge in [0.05, 0.1) is 26.4 Å². The molecule has 1 heterocycles. The molecule has 1 aromatic rings. The molecule has 0 spiro atoms. The van der Waals surface area contributed by atoms with Gasteiger partial charge >= 0.3 is 6.09 Å². The number of hydrogen-bond donors (Lipinski definition) is 1. The van der Waals surface area contributed by atoms with Crippen LogP contribution in [0.5, 0.6) is 0 Å². The molecule has 0 aliphatic carbocycles. The molecular weight excluding hydrogens is 336 g/mol. The quantitative estimate of drug-likeness (QED) is 0.835. The average molecular weight is 364 g/mol. The van der Waals surface area contributed by atoms with Crippen molar-refractivity contribution in [2.24, 2.45) is 0 Å². The first kappa shape index (κ1) is 20.2. The van der Waals surface area contributed by atoms with Crippen LogP contribution in [-0.2, 0) is 25.6 Å². The van der Waals surface area contributed by atoms with Crippen molar-refractivity contribution in [1.82, 2.24) is 10.2 Å². The second-order valence-corrected chi connectivity index (χ2v) is 7.14. The fourth-order valence-corrected chi connectivity index (χ4v) is 2.50. The first-order valence-corrected chi connectivity index (χ1v) is 8.83. The summed E-state index contributed by atoms with van der Waals surface area (Å²) in [5.74, 6) is -0.188. The second kappa shape index (κ2) is 9.54. The molecule has 144 valence electrons. The van der Waals surface area contributed by atoms with Crippen LogP contribution < -0.4 is 5.32 Å². The Morgan fingerprint density at radius 2 is 1.85 bits per heavy atom. The number of rotatable bonds is 6. The van der Waals surface area contributed by atoms with Gasteiger partial charge < -0.3 is 24.4 Å². The van der Waals surface area contributed by atoms with Crippen molar-refractivity contribution in [1.29, 1.82) is 0 Å². The van der Waals surface area contributed by atoms with Crippen molar-refractivity contribution in [2.75, 3.05) is 32.9 Å². The van der Waals surface area contributed by atoms with E-state index in [1.807, 2.05) is 30.3 Å². The molecule has 1 aliphatic rings. The molecule has 0 unspecified atom stereocenters. The van der Waals surface area contributed by atoms with Crippen LogP contribution in [0.25, 0.3) is 0 Å². The Labute approximate surface area is 154 Å². The standard InChI is InChI=1S/C19H28N2O5/c1-19(2,3)26-18(23)20-16(17(22)21-9-11-24-12-10-21)14-25-13-15-7-5-4-6-8-15/h4-8,16H,9-14H2,1-3H3,(H,20,23)/t16-/m0/s1. The number of nitrogens with zero attached hydrogens (tertiary/aromatic N) is 1. The lowest BCUT2D eigenvalue weighted by Crippen LogP contribution is -2.54. The van der Waals surface area contributed by atoms with Crippen LogP contribution in [0.2, 0.25) is 0 Å². The molecule has 1 aromatic carbocycles. The minimum atomic E-state index is -0.799. The summed E-state index contributed by atoms with van der Waals surface area (Å²) in [6, 6.07) is 8.87.